The molecule has 1 aromatic carbocycles. The summed E-state index contributed by atoms with van der Waals surface area (Å²) in [7, 11) is 0. The van der Waals surface area contributed by atoms with E-state index in [4.69, 9.17) is 5.11 Å². The van der Waals surface area contributed by atoms with Crippen LogP contribution in [0.2, 0.25) is 0 Å². The number of nitrogens with zero attached hydrogens (tertiary/aromatic N) is 1. The molecule has 0 atom stereocenters. The Hall–Kier alpha value is -1.56. The highest BCUT2D eigenvalue weighted by Crippen LogP contribution is 2.24. The number of carbonyl (C=O) groups excluding carboxylic acids is 1. The van der Waals surface area contributed by atoms with Crippen LogP contribution in [0.25, 0.3) is 0 Å². The molecular formula is C14H19BrN2O3. The molecule has 2 amide bonds. The summed E-state index contributed by atoms with van der Waals surface area (Å²) in [6.07, 6.45) is 1.79. The van der Waals surface area contributed by atoms with Crippen molar-refractivity contribution in [3.63, 3.8) is 0 Å². The molecule has 0 aliphatic rings. The number of anilines is 1. The number of benzene rings is 1. The molecule has 0 bridgehead atoms. The molecule has 1 aromatic rings. The summed E-state index contributed by atoms with van der Waals surface area (Å²) in [5.74, 6) is -0.998. The molecule has 6 heteroatoms. The van der Waals surface area contributed by atoms with Gasteiger partial charge in [0, 0.05) is 17.6 Å². The average molecular weight is 343 g/mol. The van der Waals surface area contributed by atoms with Crippen molar-refractivity contribution in [3.05, 3.63) is 28.2 Å². The summed E-state index contributed by atoms with van der Waals surface area (Å²) in [6.45, 7) is 5.44. The van der Waals surface area contributed by atoms with Gasteiger partial charge in [-0.15, -0.1) is 0 Å². The lowest BCUT2D eigenvalue weighted by atomic mass is 10.2. The minimum Gasteiger partial charge on any atom is -0.478 e. The molecule has 0 fully saturated rings. The lowest BCUT2D eigenvalue weighted by Gasteiger charge is -2.22. The lowest BCUT2D eigenvalue weighted by molar-refractivity contribution is 0.0697. The number of carbonyl (C=O) groups is 2. The minimum atomic E-state index is -0.998. The second-order valence-corrected chi connectivity index (χ2v) is 5.27. The van der Waals surface area contributed by atoms with Crippen LogP contribution in [0.3, 0.4) is 0 Å². The Balaban J connectivity index is 2.81. The molecule has 0 saturated heterocycles. The second-order valence-electron chi connectivity index (χ2n) is 4.42. The van der Waals surface area contributed by atoms with Crippen molar-refractivity contribution in [1.29, 1.82) is 0 Å². The topological polar surface area (TPSA) is 69.6 Å². The molecule has 0 aliphatic heterocycles. The Morgan fingerprint density at radius 1 is 1.25 bits per heavy atom. The third kappa shape index (κ3) is 4.52. The number of urea groups is 1. The van der Waals surface area contributed by atoms with E-state index in [9.17, 15) is 9.59 Å². The number of amides is 2. The Labute approximate surface area is 127 Å². The van der Waals surface area contributed by atoms with Gasteiger partial charge < -0.3 is 15.3 Å². The molecule has 0 aromatic heterocycles. The number of halogens is 1. The van der Waals surface area contributed by atoms with Crippen LogP contribution in [-0.4, -0.2) is 35.1 Å². The van der Waals surface area contributed by atoms with E-state index in [1.807, 2.05) is 13.8 Å². The van der Waals surface area contributed by atoms with Crippen LogP contribution in [0.1, 0.15) is 37.0 Å². The van der Waals surface area contributed by atoms with E-state index in [1.165, 1.54) is 12.1 Å². The first-order chi connectivity index (χ1) is 9.49. The summed E-state index contributed by atoms with van der Waals surface area (Å²) in [5.41, 5.74) is 0.742. The maximum absolute atomic E-state index is 12.1. The van der Waals surface area contributed by atoms with Crippen LogP contribution in [0.15, 0.2) is 22.7 Å². The fourth-order valence-corrected chi connectivity index (χ4v) is 2.28. The maximum Gasteiger partial charge on any atom is 0.335 e. The van der Waals surface area contributed by atoms with Crippen LogP contribution in [0.4, 0.5) is 10.5 Å². The first kappa shape index (κ1) is 16.5. The SMILES string of the molecule is CCCN(CCC)C(=O)Nc1ccc(C(=O)O)cc1Br. The highest BCUT2D eigenvalue weighted by atomic mass is 79.9. The summed E-state index contributed by atoms with van der Waals surface area (Å²) in [4.78, 5) is 24.7. The third-order valence-electron chi connectivity index (χ3n) is 2.73. The predicted octanol–water partition coefficient (Wildman–Crippen LogP) is 3.80. The van der Waals surface area contributed by atoms with Crippen molar-refractivity contribution in [2.45, 2.75) is 26.7 Å². The summed E-state index contributed by atoms with van der Waals surface area (Å²) < 4.78 is 0.554. The first-order valence-electron chi connectivity index (χ1n) is 6.58. The quantitative estimate of drug-likeness (QED) is 0.825. The van der Waals surface area contributed by atoms with Gasteiger partial charge in [0.1, 0.15) is 0 Å². The number of aromatic carboxylic acids is 1. The van der Waals surface area contributed by atoms with E-state index >= 15 is 0 Å². The number of carboxylic acids is 1. The van der Waals surface area contributed by atoms with Crippen molar-refractivity contribution >= 4 is 33.6 Å². The average Bonchev–Trinajstić information content (AvgIpc) is 2.40. The standard InChI is InChI=1S/C14H19BrN2O3/c1-3-7-17(8-4-2)14(20)16-12-6-5-10(13(18)19)9-11(12)15/h5-6,9H,3-4,7-8H2,1-2H3,(H,16,20)(H,18,19). The normalized spacial score (nSPS) is 10.2. The smallest absolute Gasteiger partial charge is 0.335 e. The molecule has 1 rings (SSSR count). The molecule has 0 aliphatic carbocycles. The fourth-order valence-electron chi connectivity index (χ4n) is 1.80. The van der Waals surface area contributed by atoms with Gasteiger partial charge in [-0.2, -0.15) is 0 Å². The van der Waals surface area contributed by atoms with Gasteiger partial charge in [-0.1, -0.05) is 13.8 Å². The Morgan fingerprint density at radius 3 is 2.30 bits per heavy atom. The molecule has 2 N–H and O–H groups in total. The molecule has 0 unspecified atom stereocenters. The summed E-state index contributed by atoms with van der Waals surface area (Å²) >= 11 is 3.27. The number of hydrogen-bond donors (Lipinski definition) is 2. The number of carboxylic acid groups (broad SMARTS) is 1. The molecule has 0 saturated carbocycles. The van der Waals surface area contributed by atoms with Crippen molar-refractivity contribution in [3.8, 4) is 0 Å². The van der Waals surface area contributed by atoms with Crippen molar-refractivity contribution in [1.82, 2.24) is 4.90 Å². The monoisotopic (exact) mass is 342 g/mol. The van der Waals surface area contributed by atoms with E-state index in [0.29, 0.717) is 23.2 Å². The predicted molar refractivity (Wildman–Crippen MR) is 82.3 cm³/mol. The van der Waals surface area contributed by atoms with Gasteiger partial charge in [-0.3, -0.25) is 0 Å². The van der Waals surface area contributed by atoms with Crippen LogP contribution in [-0.2, 0) is 0 Å². The molecule has 110 valence electrons. The largest absolute Gasteiger partial charge is 0.478 e. The third-order valence-corrected chi connectivity index (χ3v) is 3.39. The molecule has 20 heavy (non-hydrogen) atoms. The summed E-state index contributed by atoms with van der Waals surface area (Å²) in [6, 6.07) is 4.35. The second kappa shape index (κ2) is 7.89. The van der Waals surface area contributed by atoms with Gasteiger partial charge in [0.15, 0.2) is 0 Å². The van der Waals surface area contributed by atoms with Crippen LogP contribution < -0.4 is 5.32 Å². The Morgan fingerprint density at radius 2 is 1.85 bits per heavy atom. The lowest BCUT2D eigenvalue weighted by Crippen LogP contribution is -2.36. The Kier molecular flexibility index (Phi) is 6.51. The molecule has 5 nitrogen and oxygen atoms in total. The van der Waals surface area contributed by atoms with E-state index in [0.717, 1.165) is 12.8 Å². The van der Waals surface area contributed by atoms with Gasteiger partial charge in [0.05, 0.1) is 11.3 Å². The molecular weight excluding hydrogens is 324 g/mol. The van der Waals surface area contributed by atoms with E-state index < -0.39 is 5.97 Å². The molecule has 0 heterocycles. The number of hydrogen-bond acceptors (Lipinski definition) is 2. The molecule has 0 spiro atoms. The van der Waals surface area contributed by atoms with Crippen LogP contribution in [0.5, 0.6) is 0 Å². The Bertz CT molecular complexity index is 485. The highest BCUT2D eigenvalue weighted by Gasteiger charge is 2.14. The van der Waals surface area contributed by atoms with E-state index in [1.54, 1.807) is 11.0 Å². The highest BCUT2D eigenvalue weighted by molar-refractivity contribution is 9.10. The fraction of sp³-hybridized carbons (Fsp3) is 0.429. The van der Waals surface area contributed by atoms with Gasteiger partial charge in [0.25, 0.3) is 0 Å². The van der Waals surface area contributed by atoms with Gasteiger partial charge in [0.2, 0.25) is 0 Å². The summed E-state index contributed by atoms with van der Waals surface area (Å²) in [5, 5.41) is 11.7. The van der Waals surface area contributed by atoms with E-state index in [2.05, 4.69) is 21.2 Å². The zero-order valence-corrected chi connectivity index (χ0v) is 13.2. The zero-order valence-electron chi connectivity index (χ0n) is 11.6. The minimum absolute atomic E-state index is 0.169. The zero-order chi connectivity index (χ0) is 15.1. The van der Waals surface area contributed by atoms with Gasteiger partial charge >= 0.3 is 12.0 Å². The number of rotatable bonds is 6. The van der Waals surface area contributed by atoms with Crippen molar-refractivity contribution in [2.24, 2.45) is 0 Å². The maximum atomic E-state index is 12.1. The van der Waals surface area contributed by atoms with Crippen LogP contribution in [0, 0.1) is 0 Å². The molecule has 0 radical (unpaired) electrons. The van der Waals surface area contributed by atoms with Gasteiger partial charge in [-0.05, 0) is 47.0 Å². The van der Waals surface area contributed by atoms with Gasteiger partial charge in [-0.25, -0.2) is 9.59 Å². The first-order valence-corrected chi connectivity index (χ1v) is 7.37. The van der Waals surface area contributed by atoms with Crippen molar-refractivity contribution in [2.75, 3.05) is 18.4 Å². The van der Waals surface area contributed by atoms with E-state index in [-0.39, 0.29) is 11.6 Å². The van der Waals surface area contributed by atoms with Crippen molar-refractivity contribution < 1.29 is 14.7 Å². The number of nitrogens with one attached hydrogen (secondary N) is 1. The van der Waals surface area contributed by atoms with Crippen LogP contribution >= 0.6 is 15.9 Å².